The van der Waals surface area contributed by atoms with E-state index in [4.69, 9.17) is 26.4 Å². The van der Waals surface area contributed by atoms with Gasteiger partial charge >= 0.3 is 0 Å². The Morgan fingerprint density at radius 1 is 0.953 bits per heavy atom. The Morgan fingerprint density at radius 3 is 2.37 bits per heavy atom. The number of amides is 2. The molecule has 4 aromatic rings. The molecule has 0 spiro atoms. The van der Waals surface area contributed by atoms with Crippen LogP contribution in [0.4, 0.5) is 5.69 Å². The smallest absolute Gasteiger partial charge is 0.270 e. The summed E-state index contributed by atoms with van der Waals surface area (Å²) in [5.41, 5.74) is 5.06. The molecule has 0 radical (unpaired) electrons. The van der Waals surface area contributed by atoms with Crippen LogP contribution < -0.4 is 24.4 Å². The van der Waals surface area contributed by atoms with Gasteiger partial charge in [0.1, 0.15) is 29.4 Å². The number of aryl methyl sites for hydroxylation is 1. The van der Waals surface area contributed by atoms with Crippen molar-refractivity contribution in [2.75, 3.05) is 19.1 Å². The van der Waals surface area contributed by atoms with Crippen LogP contribution in [0.15, 0.2) is 78.4 Å². The fraction of sp³-hybridized carbons (Fsp3) is 0.152. The van der Waals surface area contributed by atoms with Gasteiger partial charge in [0.2, 0.25) is 0 Å². The molecule has 0 atom stereocenters. The van der Waals surface area contributed by atoms with E-state index in [0.29, 0.717) is 34.1 Å². The first-order chi connectivity index (χ1) is 20.7. The molecule has 2 amide bonds. The van der Waals surface area contributed by atoms with E-state index in [-0.39, 0.29) is 17.3 Å². The summed E-state index contributed by atoms with van der Waals surface area (Å²) in [7, 11) is 3.01. The molecule has 0 bridgehead atoms. The minimum absolute atomic E-state index is 0.0421. The zero-order valence-corrected chi connectivity index (χ0v) is 24.8. The lowest BCUT2D eigenvalue weighted by Gasteiger charge is -2.30. The van der Waals surface area contributed by atoms with E-state index in [1.807, 2.05) is 66.9 Å². The van der Waals surface area contributed by atoms with Crippen molar-refractivity contribution in [3.05, 3.63) is 106 Å². The molecule has 1 N–H and O–H groups in total. The van der Waals surface area contributed by atoms with Gasteiger partial charge < -0.3 is 18.8 Å². The van der Waals surface area contributed by atoms with E-state index >= 15 is 0 Å². The third kappa shape index (κ3) is 5.71. The van der Waals surface area contributed by atoms with Crippen molar-refractivity contribution in [2.45, 2.75) is 20.5 Å². The number of hydrogen-bond donors (Lipinski definition) is 1. The summed E-state index contributed by atoms with van der Waals surface area (Å²) in [5.74, 6) is 0.429. The molecule has 43 heavy (non-hydrogen) atoms. The number of nitrogens with one attached hydrogen (secondary N) is 1. The van der Waals surface area contributed by atoms with Crippen molar-refractivity contribution in [2.24, 2.45) is 0 Å². The van der Waals surface area contributed by atoms with E-state index in [9.17, 15) is 14.9 Å². The number of rotatable bonds is 8. The average molecular weight is 593 g/mol. The summed E-state index contributed by atoms with van der Waals surface area (Å²) in [6.45, 7) is 4.15. The molecule has 216 valence electrons. The Bertz CT molecular complexity index is 1820. The Morgan fingerprint density at radius 2 is 1.67 bits per heavy atom. The Kier molecular flexibility index (Phi) is 8.27. The fourth-order valence-corrected chi connectivity index (χ4v) is 5.21. The van der Waals surface area contributed by atoms with Gasteiger partial charge in [0.25, 0.3) is 11.8 Å². The lowest BCUT2D eigenvalue weighted by molar-refractivity contribution is -0.122. The molecule has 1 saturated heterocycles. The predicted molar refractivity (Wildman–Crippen MR) is 166 cm³/mol. The third-order valence-electron chi connectivity index (χ3n) is 7.13. The SMILES string of the molecule is COc1ccc(N2C(=O)/C(=C/c3cc(C)n(-c4ccc(OCc5ccccc5C#N)cc4)c3C)C(=O)NC2=S)c(OC)c1. The van der Waals surface area contributed by atoms with E-state index in [0.717, 1.165) is 22.6 Å². The molecule has 1 aliphatic heterocycles. The van der Waals surface area contributed by atoms with Crippen LogP contribution in [0.5, 0.6) is 17.2 Å². The Hall–Kier alpha value is -5.40. The maximum atomic E-state index is 13.7. The van der Waals surface area contributed by atoms with Crippen molar-refractivity contribution in [1.29, 1.82) is 5.26 Å². The molecule has 9 nitrogen and oxygen atoms in total. The first kappa shape index (κ1) is 29.1. The highest BCUT2D eigenvalue weighted by molar-refractivity contribution is 7.80. The molecule has 0 saturated carbocycles. The van der Waals surface area contributed by atoms with Crippen LogP contribution in [-0.4, -0.2) is 35.7 Å². The van der Waals surface area contributed by atoms with Crippen molar-refractivity contribution >= 4 is 40.9 Å². The van der Waals surface area contributed by atoms with Gasteiger partial charge in [-0.25, -0.2) is 4.90 Å². The fourth-order valence-electron chi connectivity index (χ4n) is 4.94. The van der Waals surface area contributed by atoms with E-state index in [1.165, 1.54) is 19.1 Å². The number of nitriles is 1. The summed E-state index contributed by atoms with van der Waals surface area (Å²) >= 11 is 5.36. The van der Waals surface area contributed by atoms with Crippen molar-refractivity contribution in [3.8, 4) is 29.0 Å². The summed E-state index contributed by atoms with van der Waals surface area (Å²) in [6.07, 6.45) is 1.57. The quantitative estimate of drug-likeness (QED) is 0.166. The maximum Gasteiger partial charge on any atom is 0.270 e. The number of carbonyl (C=O) groups is 2. The van der Waals surface area contributed by atoms with Gasteiger partial charge in [-0.1, -0.05) is 18.2 Å². The normalized spacial score (nSPS) is 14.0. The van der Waals surface area contributed by atoms with Crippen LogP contribution in [0.1, 0.15) is 28.1 Å². The Labute approximate surface area is 254 Å². The number of benzene rings is 3. The molecule has 3 aromatic carbocycles. The average Bonchev–Trinajstić information content (AvgIpc) is 3.30. The molecular weight excluding hydrogens is 564 g/mol. The molecule has 0 unspecified atom stereocenters. The van der Waals surface area contributed by atoms with Crippen molar-refractivity contribution < 1.29 is 23.8 Å². The zero-order chi connectivity index (χ0) is 30.7. The zero-order valence-electron chi connectivity index (χ0n) is 24.0. The number of carbonyl (C=O) groups excluding carboxylic acids is 2. The van der Waals surface area contributed by atoms with Gasteiger partial charge in [-0.05, 0) is 86.2 Å². The van der Waals surface area contributed by atoms with E-state index in [1.54, 1.807) is 30.3 Å². The minimum atomic E-state index is -0.581. The summed E-state index contributed by atoms with van der Waals surface area (Å²) in [6, 6.07) is 24.0. The van der Waals surface area contributed by atoms with E-state index < -0.39 is 11.8 Å². The van der Waals surface area contributed by atoms with Crippen LogP contribution in [0.2, 0.25) is 0 Å². The standard InChI is InChI=1S/C33H28N4O5S/c1-20-15-24(16-28-31(38)35-33(43)37(32(28)39)29-14-13-27(40-3)17-30(29)41-4)21(2)36(20)25-9-11-26(12-10-25)42-19-23-8-6-5-7-22(23)18-34/h5-17H,19H2,1-4H3,(H,35,38,43)/b28-16+. The van der Waals surface area contributed by atoms with Crippen LogP contribution in [0, 0.1) is 25.2 Å². The highest BCUT2D eigenvalue weighted by Crippen LogP contribution is 2.35. The molecule has 10 heteroatoms. The highest BCUT2D eigenvalue weighted by atomic mass is 32.1. The number of hydrogen-bond acceptors (Lipinski definition) is 7. The number of ether oxygens (including phenoxy) is 3. The molecule has 1 aromatic heterocycles. The largest absolute Gasteiger partial charge is 0.497 e. The third-order valence-corrected chi connectivity index (χ3v) is 7.41. The van der Waals surface area contributed by atoms with Gasteiger partial charge in [0.15, 0.2) is 5.11 Å². The monoisotopic (exact) mass is 592 g/mol. The molecule has 2 heterocycles. The minimum Gasteiger partial charge on any atom is -0.497 e. The molecule has 1 fully saturated rings. The number of nitrogens with zero attached hydrogens (tertiary/aromatic N) is 3. The lowest BCUT2D eigenvalue weighted by Crippen LogP contribution is -2.54. The number of aromatic nitrogens is 1. The van der Waals surface area contributed by atoms with E-state index in [2.05, 4.69) is 11.4 Å². The molecular formula is C33H28N4O5S. The van der Waals surface area contributed by atoms with Crippen LogP contribution in [0.25, 0.3) is 11.8 Å². The van der Waals surface area contributed by atoms with Gasteiger partial charge in [0, 0.05) is 28.7 Å². The summed E-state index contributed by atoms with van der Waals surface area (Å²) in [5, 5.41) is 11.9. The molecule has 5 rings (SSSR count). The maximum absolute atomic E-state index is 13.7. The molecule has 1 aliphatic rings. The van der Waals surface area contributed by atoms with Crippen LogP contribution >= 0.6 is 12.2 Å². The van der Waals surface area contributed by atoms with Crippen LogP contribution in [0.3, 0.4) is 0 Å². The Balaban J connectivity index is 1.41. The van der Waals surface area contributed by atoms with Crippen LogP contribution in [-0.2, 0) is 16.2 Å². The van der Waals surface area contributed by atoms with Crippen molar-refractivity contribution in [1.82, 2.24) is 9.88 Å². The number of anilines is 1. The van der Waals surface area contributed by atoms with Gasteiger partial charge in [-0.2, -0.15) is 5.26 Å². The first-order valence-corrected chi connectivity index (χ1v) is 13.7. The highest BCUT2D eigenvalue weighted by Gasteiger charge is 2.36. The first-order valence-electron chi connectivity index (χ1n) is 13.3. The second-order valence-electron chi connectivity index (χ2n) is 9.71. The van der Waals surface area contributed by atoms with Crippen molar-refractivity contribution in [3.63, 3.8) is 0 Å². The summed E-state index contributed by atoms with van der Waals surface area (Å²) in [4.78, 5) is 27.9. The van der Waals surface area contributed by atoms with Gasteiger partial charge in [0.05, 0.1) is 31.5 Å². The number of thiocarbonyl (C=S) groups is 1. The lowest BCUT2D eigenvalue weighted by atomic mass is 10.1. The molecule has 0 aliphatic carbocycles. The van der Waals surface area contributed by atoms with Gasteiger partial charge in [-0.3, -0.25) is 14.9 Å². The second kappa shape index (κ2) is 12.2. The number of methoxy groups -OCH3 is 2. The van der Waals surface area contributed by atoms with Gasteiger partial charge in [-0.15, -0.1) is 0 Å². The topological polar surface area (TPSA) is 106 Å². The second-order valence-corrected chi connectivity index (χ2v) is 10.1. The summed E-state index contributed by atoms with van der Waals surface area (Å²) < 4.78 is 18.7. The predicted octanol–water partition coefficient (Wildman–Crippen LogP) is 5.39.